The summed E-state index contributed by atoms with van der Waals surface area (Å²) in [6, 6.07) is 1.66. The maximum atomic E-state index is 10.3. The van der Waals surface area contributed by atoms with Crippen molar-refractivity contribution in [1.82, 2.24) is 5.32 Å². The molecule has 1 aromatic rings. The van der Waals surface area contributed by atoms with E-state index in [2.05, 4.69) is 5.32 Å². The Morgan fingerprint density at radius 3 is 2.89 bits per heavy atom. The van der Waals surface area contributed by atoms with Crippen LogP contribution in [0.3, 0.4) is 0 Å². The molecule has 0 spiro atoms. The number of ether oxygens (including phenoxy) is 3. The first-order valence-electron chi connectivity index (χ1n) is 6.17. The van der Waals surface area contributed by atoms with Gasteiger partial charge in [-0.05, 0) is 7.05 Å². The molecule has 19 heavy (non-hydrogen) atoms. The Balaban J connectivity index is 2.54. The predicted molar refractivity (Wildman–Crippen MR) is 72.5 cm³/mol. The number of rotatable bonds is 4. The lowest BCUT2D eigenvalue weighted by atomic mass is 10.1. The molecule has 1 heterocycles. The number of benzene rings is 1. The fraction of sp³-hybridized carbons (Fsp3) is 0.538. The molecule has 0 aromatic heterocycles. The van der Waals surface area contributed by atoms with Crippen LogP contribution in [0.15, 0.2) is 6.07 Å². The summed E-state index contributed by atoms with van der Waals surface area (Å²) in [5.41, 5.74) is 0.529. The number of likely N-dealkylation sites (N-methyl/N-ethyl adjacent to an activating group) is 1. The molecule has 0 radical (unpaired) electrons. The first-order chi connectivity index (χ1) is 9.19. The van der Waals surface area contributed by atoms with Gasteiger partial charge in [0.25, 0.3) is 0 Å². The van der Waals surface area contributed by atoms with Gasteiger partial charge in [-0.2, -0.15) is 0 Å². The van der Waals surface area contributed by atoms with Gasteiger partial charge < -0.3 is 24.6 Å². The van der Waals surface area contributed by atoms with Crippen LogP contribution in [0.2, 0.25) is 5.02 Å². The van der Waals surface area contributed by atoms with Gasteiger partial charge in [-0.25, -0.2) is 0 Å². The molecule has 2 rings (SSSR count). The third-order valence-corrected chi connectivity index (χ3v) is 3.20. The largest absolute Gasteiger partial charge is 0.495 e. The highest BCUT2D eigenvalue weighted by atomic mass is 35.5. The molecule has 0 fully saturated rings. The number of methoxy groups -OCH3 is 1. The molecule has 0 bridgehead atoms. The van der Waals surface area contributed by atoms with Crippen LogP contribution in [-0.4, -0.2) is 39.0 Å². The summed E-state index contributed by atoms with van der Waals surface area (Å²) in [5.74, 6) is 1.49. The van der Waals surface area contributed by atoms with Crippen LogP contribution in [0.1, 0.15) is 18.1 Å². The third-order valence-electron chi connectivity index (χ3n) is 2.92. The average molecular weight is 288 g/mol. The Hall–Kier alpha value is -1.17. The molecule has 0 saturated carbocycles. The summed E-state index contributed by atoms with van der Waals surface area (Å²) in [6.45, 7) is 1.47. The lowest BCUT2D eigenvalue weighted by Gasteiger charge is -2.21. The van der Waals surface area contributed by atoms with Crippen molar-refractivity contribution in [3.05, 3.63) is 16.7 Å². The molecule has 1 unspecified atom stereocenters. The molecule has 0 amide bonds. The van der Waals surface area contributed by atoms with E-state index in [-0.39, 0.29) is 0 Å². The van der Waals surface area contributed by atoms with Crippen LogP contribution in [0.4, 0.5) is 0 Å². The van der Waals surface area contributed by atoms with Crippen molar-refractivity contribution in [2.24, 2.45) is 0 Å². The third kappa shape index (κ3) is 2.88. The second-order valence-corrected chi connectivity index (χ2v) is 4.66. The lowest BCUT2D eigenvalue weighted by Crippen LogP contribution is -2.18. The maximum Gasteiger partial charge on any atom is 0.170 e. The number of nitrogens with one attached hydrogen (secondary N) is 1. The zero-order valence-electron chi connectivity index (χ0n) is 11.0. The summed E-state index contributed by atoms with van der Waals surface area (Å²) < 4.78 is 16.6. The van der Waals surface area contributed by atoms with Crippen molar-refractivity contribution >= 4 is 11.6 Å². The van der Waals surface area contributed by atoms with E-state index in [9.17, 15) is 5.11 Å². The molecule has 1 aliphatic heterocycles. The highest BCUT2D eigenvalue weighted by Gasteiger charge is 2.26. The number of hydrogen-bond donors (Lipinski definition) is 2. The minimum atomic E-state index is -0.783. The van der Waals surface area contributed by atoms with E-state index < -0.39 is 6.10 Å². The molecule has 106 valence electrons. The SMILES string of the molecule is CNCC(O)c1c(OC)c(Cl)cc2c1OCCCO2. The second-order valence-electron chi connectivity index (χ2n) is 4.26. The standard InChI is InChI=1S/C13H18ClNO4/c1-15-7-9(16)11-12(17-2)8(14)6-10-13(11)19-5-3-4-18-10/h6,9,15-16H,3-5,7H2,1-2H3. The molecule has 0 saturated heterocycles. The highest BCUT2D eigenvalue weighted by Crippen LogP contribution is 2.46. The lowest BCUT2D eigenvalue weighted by molar-refractivity contribution is 0.166. The van der Waals surface area contributed by atoms with Crippen molar-refractivity contribution in [2.75, 3.05) is 33.9 Å². The summed E-state index contributed by atoms with van der Waals surface area (Å²) in [6.07, 6.45) is 0.00463. The molecule has 2 N–H and O–H groups in total. The van der Waals surface area contributed by atoms with Crippen molar-refractivity contribution in [3.63, 3.8) is 0 Å². The quantitative estimate of drug-likeness (QED) is 0.884. The van der Waals surface area contributed by atoms with Crippen LogP contribution in [0.5, 0.6) is 17.2 Å². The number of fused-ring (bicyclic) bond motifs is 1. The summed E-state index contributed by atoms with van der Waals surface area (Å²) in [7, 11) is 3.27. The smallest absolute Gasteiger partial charge is 0.170 e. The van der Waals surface area contributed by atoms with Gasteiger partial charge in [0.15, 0.2) is 11.5 Å². The molecule has 1 atom stereocenters. The normalized spacial score (nSPS) is 15.8. The summed E-state index contributed by atoms with van der Waals surface area (Å²) >= 11 is 6.17. The first kappa shape index (κ1) is 14.2. The zero-order chi connectivity index (χ0) is 13.8. The van der Waals surface area contributed by atoms with Crippen LogP contribution in [0, 0.1) is 0 Å². The molecular formula is C13H18ClNO4. The van der Waals surface area contributed by atoms with E-state index in [1.54, 1.807) is 13.1 Å². The molecule has 6 heteroatoms. The Morgan fingerprint density at radius 2 is 2.21 bits per heavy atom. The fourth-order valence-corrected chi connectivity index (χ4v) is 2.37. The Bertz CT molecular complexity index is 453. The van der Waals surface area contributed by atoms with E-state index >= 15 is 0 Å². The predicted octanol–water partition coefficient (Wildman–Crippen LogP) is 1.76. The Labute approximate surface area is 117 Å². The van der Waals surface area contributed by atoms with E-state index in [1.807, 2.05) is 0 Å². The van der Waals surface area contributed by atoms with Gasteiger partial charge >= 0.3 is 0 Å². The van der Waals surface area contributed by atoms with Gasteiger partial charge in [-0.15, -0.1) is 0 Å². The maximum absolute atomic E-state index is 10.3. The van der Waals surface area contributed by atoms with E-state index in [0.717, 1.165) is 6.42 Å². The fourth-order valence-electron chi connectivity index (χ4n) is 2.09. The first-order valence-corrected chi connectivity index (χ1v) is 6.55. The van der Waals surface area contributed by atoms with Crippen LogP contribution in [-0.2, 0) is 0 Å². The van der Waals surface area contributed by atoms with Gasteiger partial charge in [0.1, 0.15) is 5.75 Å². The zero-order valence-corrected chi connectivity index (χ0v) is 11.8. The van der Waals surface area contributed by atoms with Crippen LogP contribution < -0.4 is 19.5 Å². The van der Waals surface area contributed by atoms with Crippen molar-refractivity contribution in [1.29, 1.82) is 0 Å². The molecule has 1 aliphatic rings. The van der Waals surface area contributed by atoms with Crippen molar-refractivity contribution < 1.29 is 19.3 Å². The van der Waals surface area contributed by atoms with Gasteiger partial charge in [0.2, 0.25) is 0 Å². The van der Waals surface area contributed by atoms with Gasteiger partial charge in [0.05, 0.1) is 37.0 Å². The highest BCUT2D eigenvalue weighted by molar-refractivity contribution is 6.32. The topological polar surface area (TPSA) is 60.0 Å². The Kier molecular flexibility index (Phi) is 4.74. The Morgan fingerprint density at radius 1 is 1.47 bits per heavy atom. The number of hydrogen-bond acceptors (Lipinski definition) is 5. The average Bonchev–Trinajstić information content (AvgIpc) is 2.62. The summed E-state index contributed by atoms with van der Waals surface area (Å²) in [5, 5.41) is 13.6. The summed E-state index contributed by atoms with van der Waals surface area (Å²) in [4.78, 5) is 0. The van der Waals surface area contributed by atoms with Crippen LogP contribution in [0.25, 0.3) is 0 Å². The van der Waals surface area contributed by atoms with E-state index in [4.69, 9.17) is 25.8 Å². The molecule has 1 aromatic carbocycles. The van der Waals surface area contributed by atoms with Gasteiger partial charge in [-0.3, -0.25) is 0 Å². The number of aliphatic hydroxyl groups is 1. The molecular weight excluding hydrogens is 270 g/mol. The van der Waals surface area contributed by atoms with Crippen molar-refractivity contribution in [3.8, 4) is 17.2 Å². The van der Waals surface area contributed by atoms with E-state index in [1.165, 1.54) is 7.11 Å². The van der Waals surface area contributed by atoms with Crippen LogP contribution >= 0.6 is 11.6 Å². The molecule has 5 nitrogen and oxygen atoms in total. The minimum Gasteiger partial charge on any atom is -0.495 e. The number of aliphatic hydroxyl groups excluding tert-OH is 1. The van der Waals surface area contributed by atoms with Gasteiger partial charge in [0, 0.05) is 19.0 Å². The molecule has 0 aliphatic carbocycles. The van der Waals surface area contributed by atoms with E-state index in [0.29, 0.717) is 47.6 Å². The second kappa shape index (κ2) is 6.32. The van der Waals surface area contributed by atoms with Crippen molar-refractivity contribution in [2.45, 2.75) is 12.5 Å². The monoisotopic (exact) mass is 287 g/mol. The minimum absolute atomic E-state index is 0.368. The number of halogens is 1. The van der Waals surface area contributed by atoms with Gasteiger partial charge in [-0.1, -0.05) is 11.6 Å².